The van der Waals surface area contributed by atoms with Crippen LogP contribution in [0.15, 0.2) is 41.3 Å². The minimum absolute atomic E-state index is 0.0635. The van der Waals surface area contributed by atoms with Crippen LogP contribution in [0.4, 0.5) is 10.1 Å². The summed E-state index contributed by atoms with van der Waals surface area (Å²) in [5.41, 5.74) is 1.20. The lowest BCUT2D eigenvalue weighted by atomic mass is 10.1. The molecular weight excluding hydrogens is 433 g/mol. The van der Waals surface area contributed by atoms with Crippen molar-refractivity contribution >= 4 is 57.6 Å². The Morgan fingerprint density at radius 1 is 1.28 bits per heavy atom. The number of benzene rings is 2. The Labute approximate surface area is 183 Å². The summed E-state index contributed by atoms with van der Waals surface area (Å²) in [5.74, 6) is 0.386. The molecule has 1 saturated heterocycles. The standard InChI is InChI=1S/C21H19ClFNO3S2/c1-4-12(2)27-17-8-5-13(9-18(17)26-3)10-19-20(25)24(21(28)29-19)14-6-7-16(23)15(22)11-14/h5-12H,4H2,1-3H3/b19-10+/t12-/m0/s1. The lowest BCUT2D eigenvalue weighted by Crippen LogP contribution is -2.27. The molecule has 1 heterocycles. The first-order chi connectivity index (χ1) is 13.8. The quantitative estimate of drug-likeness (QED) is 0.393. The second-order valence-corrected chi connectivity index (χ2v) is 8.45. The van der Waals surface area contributed by atoms with Gasteiger partial charge in [0, 0.05) is 0 Å². The largest absolute Gasteiger partial charge is 0.493 e. The van der Waals surface area contributed by atoms with Crippen molar-refractivity contribution in [3.63, 3.8) is 0 Å². The third-order valence-corrected chi connectivity index (χ3v) is 5.94. The molecule has 0 spiro atoms. The number of anilines is 1. The third kappa shape index (κ3) is 4.74. The van der Waals surface area contributed by atoms with Crippen LogP contribution in [0.3, 0.4) is 0 Å². The van der Waals surface area contributed by atoms with Gasteiger partial charge in [0.05, 0.1) is 28.8 Å². The Balaban J connectivity index is 1.88. The highest BCUT2D eigenvalue weighted by Gasteiger charge is 2.33. The summed E-state index contributed by atoms with van der Waals surface area (Å²) in [5, 5.41) is -0.0674. The average Bonchev–Trinajstić information content (AvgIpc) is 2.98. The van der Waals surface area contributed by atoms with E-state index in [2.05, 4.69) is 0 Å². The Hall–Kier alpha value is -2.09. The number of thioether (sulfide) groups is 1. The first-order valence-electron chi connectivity index (χ1n) is 8.91. The van der Waals surface area contributed by atoms with E-state index in [1.165, 1.54) is 34.9 Å². The SMILES string of the molecule is CC[C@H](C)Oc1ccc(/C=C2/SC(=S)N(c3ccc(F)c(Cl)c3)C2=O)cc1OC. The van der Waals surface area contributed by atoms with Gasteiger partial charge in [-0.2, -0.15) is 0 Å². The fourth-order valence-corrected chi connectivity index (χ4v) is 4.11. The summed E-state index contributed by atoms with van der Waals surface area (Å²) in [7, 11) is 1.57. The third-order valence-electron chi connectivity index (χ3n) is 4.34. The number of thiocarbonyl (C=S) groups is 1. The normalized spacial score (nSPS) is 16.4. The molecule has 29 heavy (non-hydrogen) atoms. The molecule has 3 rings (SSSR count). The molecule has 152 valence electrons. The second-order valence-electron chi connectivity index (χ2n) is 6.36. The van der Waals surface area contributed by atoms with Gasteiger partial charge in [0.2, 0.25) is 0 Å². The molecule has 1 fully saturated rings. The number of hydrogen-bond donors (Lipinski definition) is 0. The van der Waals surface area contributed by atoms with Crippen LogP contribution in [0.2, 0.25) is 5.02 Å². The average molecular weight is 452 g/mol. The van der Waals surface area contributed by atoms with Crippen LogP contribution in [0, 0.1) is 5.82 Å². The van der Waals surface area contributed by atoms with Gasteiger partial charge in [-0.05, 0) is 55.3 Å². The van der Waals surface area contributed by atoms with E-state index in [1.807, 2.05) is 26.0 Å². The molecule has 0 aromatic heterocycles. The predicted molar refractivity (Wildman–Crippen MR) is 120 cm³/mol. The van der Waals surface area contributed by atoms with Crippen LogP contribution in [-0.4, -0.2) is 23.4 Å². The summed E-state index contributed by atoms with van der Waals surface area (Å²) in [6.07, 6.45) is 2.68. The molecule has 2 aromatic carbocycles. The van der Waals surface area contributed by atoms with Crippen molar-refractivity contribution in [1.29, 1.82) is 0 Å². The Bertz CT molecular complexity index is 996. The first kappa shape index (κ1) is 21.6. The highest BCUT2D eigenvalue weighted by molar-refractivity contribution is 8.27. The maximum atomic E-state index is 13.4. The number of methoxy groups -OCH3 is 1. The van der Waals surface area contributed by atoms with E-state index in [0.717, 1.165) is 12.0 Å². The van der Waals surface area contributed by atoms with Gasteiger partial charge >= 0.3 is 0 Å². The Morgan fingerprint density at radius 3 is 2.69 bits per heavy atom. The Morgan fingerprint density at radius 2 is 2.03 bits per heavy atom. The van der Waals surface area contributed by atoms with Gasteiger partial charge in [-0.3, -0.25) is 9.69 Å². The van der Waals surface area contributed by atoms with E-state index in [0.29, 0.717) is 26.4 Å². The van der Waals surface area contributed by atoms with Gasteiger partial charge in [-0.1, -0.05) is 48.6 Å². The lowest BCUT2D eigenvalue weighted by Gasteiger charge is -2.16. The molecule has 1 atom stereocenters. The zero-order valence-corrected chi connectivity index (χ0v) is 18.5. The van der Waals surface area contributed by atoms with E-state index in [1.54, 1.807) is 19.3 Å². The molecule has 0 unspecified atom stereocenters. The summed E-state index contributed by atoms with van der Waals surface area (Å²) >= 11 is 12.4. The summed E-state index contributed by atoms with van der Waals surface area (Å²) in [4.78, 5) is 14.7. The predicted octanol–water partition coefficient (Wildman–Crippen LogP) is 6.07. The molecule has 0 N–H and O–H groups in total. The van der Waals surface area contributed by atoms with Crippen molar-refractivity contribution in [2.24, 2.45) is 0 Å². The number of carbonyl (C=O) groups excluding carboxylic acids is 1. The number of hydrogen-bond acceptors (Lipinski definition) is 5. The van der Waals surface area contributed by atoms with Gasteiger partial charge in [-0.25, -0.2) is 4.39 Å². The highest BCUT2D eigenvalue weighted by Crippen LogP contribution is 2.38. The van der Waals surface area contributed by atoms with E-state index in [9.17, 15) is 9.18 Å². The number of halogens is 2. The van der Waals surface area contributed by atoms with Gasteiger partial charge < -0.3 is 9.47 Å². The van der Waals surface area contributed by atoms with Crippen molar-refractivity contribution in [2.75, 3.05) is 12.0 Å². The second kappa shape index (κ2) is 9.15. The minimum Gasteiger partial charge on any atom is -0.493 e. The fraction of sp³-hybridized carbons (Fsp3) is 0.238. The Kier molecular flexibility index (Phi) is 6.82. The van der Waals surface area contributed by atoms with Crippen LogP contribution in [-0.2, 0) is 4.79 Å². The number of ether oxygens (including phenoxy) is 2. The highest BCUT2D eigenvalue weighted by atomic mass is 35.5. The molecule has 4 nitrogen and oxygen atoms in total. The van der Waals surface area contributed by atoms with Crippen LogP contribution < -0.4 is 14.4 Å². The topological polar surface area (TPSA) is 38.8 Å². The van der Waals surface area contributed by atoms with Gasteiger partial charge in [-0.15, -0.1) is 0 Å². The van der Waals surface area contributed by atoms with E-state index in [-0.39, 0.29) is 17.0 Å². The molecule has 1 aliphatic heterocycles. The van der Waals surface area contributed by atoms with Crippen molar-refractivity contribution in [2.45, 2.75) is 26.4 Å². The van der Waals surface area contributed by atoms with Crippen LogP contribution >= 0.6 is 35.6 Å². The molecule has 8 heteroatoms. The zero-order valence-electron chi connectivity index (χ0n) is 16.1. The van der Waals surface area contributed by atoms with Gasteiger partial charge in [0.1, 0.15) is 5.82 Å². The molecule has 1 aliphatic rings. The lowest BCUT2D eigenvalue weighted by molar-refractivity contribution is -0.113. The molecule has 0 aliphatic carbocycles. The van der Waals surface area contributed by atoms with Gasteiger partial charge in [0.15, 0.2) is 15.8 Å². The van der Waals surface area contributed by atoms with E-state index >= 15 is 0 Å². The summed E-state index contributed by atoms with van der Waals surface area (Å²) in [6, 6.07) is 9.53. The smallest absolute Gasteiger partial charge is 0.270 e. The van der Waals surface area contributed by atoms with Crippen LogP contribution in [0.25, 0.3) is 6.08 Å². The minimum atomic E-state index is -0.553. The number of carbonyl (C=O) groups is 1. The van der Waals surface area contributed by atoms with Crippen molar-refractivity contribution in [3.8, 4) is 11.5 Å². The number of nitrogens with zero attached hydrogens (tertiary/aromatic N) is 1. The first-order valence-corrected chi connectivity index (χ1v) is 10.5. The molecule has 0 saturated carbocycles. The number of rotatable bonds is 6. The maximum absolute atomic E-state index is 13.4. The van der Waals surface area contributed by atoms with Crippen molar-refractivity contribution < 1.29 is 18.7 Å². The number of amides is 1. The molecule has 0 radical (unpaired) electrons. The van der Waals surface area contributed by atoms with E-state index in [4.69, 9.17) is 33.3 Å². The van der Waals surface area contributed by atoms with Crippen LogP contribution in [0.1, 0.15) is 25.8 Å². The fourth-order valence-electron chi connectivity index (χ4n) is 2.64. The summed E-state index contributed by atoms with van der Waals surface area (Å²) < 4.78 is 25.1. The summed E-state index contributed by atoms with van der Waals surface area (Å²) in [6.45, 7) is 4.03. The molecule has 1 amide bonds. The molecule has 0 bridgehead atoms. The molecular formula is C21H19ClFNO3S2. The zero-order chi connectivity index (χ0) is 21.1. The van der Waals surface area contributed by atoms with E-state index < -0.39 is 5.82 Å². The monoisotopic (exact) mass is 451 g/mol. The van der Waals surface area contributed by atoms with Crippen molar-refractivity contribution in [1.82, 2.24) is 0 Å². The van der Waals surface area contributed by atoms with Crippen molar-refractivity contribution in [3.05, 3.63) is 57.7 Å². The van der Waals surface area contributed by atoms with Crippen LogP contribution in [0.5, 0.6) is 11.5 Å². The molecule has 2 aromatic rings. The maximum Gasteiger partial charge on any atom is 0.270 e. The van der Waals surface area contributed by atoms with Gasteiger partial charge in [0.25, 0.3) is 5.91 Å².